The Bertz CT molecular complexity index is 205. The number of ether oxygens (including phenoxy) is 1. The summed E-state index contributed by atoms with van der Waals surface area (Å²) >= 11 is 0. The van der Waals surface area contributed by atoms with E-state index in [0.717, 1.165) is 12.8 Å². The quantitative estimate of drug-likeness (QED) is 0.705. The lowest BCUT2D eigenvalue weighted by Gasteiger charge is -2.35. The number of alkyl carbamates (subject to hydrolysis) is 1. The SMILES string of the molecule is CN[C@H]1C[C@@H](NC(=O)OC(C)(C)C)C1. The highest BCUT2D eigenvalue weighted by molar-refractivity contribution is 5.68. The van der Waals surface area contributed by atoms with Gasteiger partial charge < -0.3 is 15.4 Å². The maximum Gasteiger partial charge on any atom is 0.407 e. The minimum absolute atomic E-state index is 0.280. The van der Waals surface area contributed by atoms with Crippen molar-refractivity contribution in [1.29, 1.82) is 0 Å². The molecule has 0 atom stereocenters. The van der Waals surface area contributed by atoms with E-state index in [4.69, 9.17) is 4.74 Å². The topological polar surface area (TPSA) is 50.4 Å². The molecule has 0 aromatic heterocycles. The fourth-order valence-electron chi connectivity index (χ4n) is 1.45. The van der Waals surface area contributed by atoms with E-state index in [-0.39, 0.29) is 12.1 Å². The molecule has 1 amide bonds. The van der Waals surface area contributed by atoms with Crippen LogP contribution in [0.5, 0.6) is 0 Å². The molecular formula is C10H20N2O2. The lowest BCUT2D eigenvalue weighted by molar-refractivity contribution is 0.0467. The number of hydrogen-bond acceptors (Lipinski definition) is 3. The summed E-state index contributed by atoms with van der Waals surface area (Å²) in [6, 6.07) is 0.831. The zero-order valence-electron chi connectivity index (χ0n) is 9.39. The van der Waals surface area contributed by atoms with Crippen LogP contribution in [0.4, 0.5) is 4.79 Å². The second-order valence-corrected chi connectivity index (χ2v) is 4.80. The van der Waals surface area contributed by atoms with E-state index in [1.807, 2.05) is 27.8 Å². The van der Waals surface area contributed by atoms with Gasteiger partial charge in [0.2, 0.25) is 0 Å². The molecule has 1 saturated carbocycles. The Morgan fingerprint density at radius 2 is 1.86 bits per heavy atom. The van der Waals surface area contributed by atoms with Crippen LogP contribution in [0.1, 0.15) is 33.6 Å². The van der Waals surface area contributed by atoms with Crippen molar-refractivity contribution in [2.45, 2.75) is 51.3 Å². The Morgan fingerprint density at radius 1 is 1.29 bits per heavy atom. The third kappa shape index (κ3) is 3.54. The third-order valence-electron chi connectivity index (χ3n) is 2.27. The predicted molar refractivity (Wildman–Crippen MR) is 55.2 cm³/mol. The number of carbonyl (C=O) groups is 1. The molecule has 1 aliphatic carbocycles. The van der Waals surface area contributed by atoms with Crippen LogP contribution in [0.25, 0.3) is 0 Å². The van der Waals surface area contributed by atoms with Crippen LogP contribution >= 0.6 is 0 Å². The Balaban J connectivity index is 2.17. The molecule has 0 aromatic carbocycles. The van der Waals surface area contributed by atoms with Crippen molar-refractivity contribution in [2.75, 3.05) is 7.05 Å². The lowest BCUT2D eigenvalue weighted by Crippen LogP contribution is -2.52. The number of carbonyl (C=O) groups excluding carboxylic acids is 1. The zero-order valence-corrected chi connectivity index (χ0v) is 9.39. The first-order chi connectivity index (χ1) is 6.40. The maximum atomic E-state index is 11.3. The van der Waals surface area contributed by atoms with E-state index in [1.54, 1.807) is 0 Å². The minimum Gasteiger partial charge on any atom is -0.444 e. The van der Waals surface area contributed by atoms with Gasteiger partial charge in [-0.05, 0) is 40.7 Å². The second kappa shape index (κ2) is 4.17. The highest BCUT2D eigenvalue weighted by Gasteiger charge is 2.30. The fraction of sp³-hybridized carbons (Fsp3) is 0.900. The zero-order chi connectivity index (χ0) is 10.8. The molecule has 4 nitrogen and oxygen atoms in total. The molecule has 0 radical (unpaired) electrons. The summed E-state index contributed by atoms with van der Waals surface area (Å²) in [5, 5.41) is 6.00. The molecule has 1 rings (SSSR count). The van der Waals surface area contributed by atoms with E-state index in [9.17, 15) is 4.79 Å². The van der Waals surface area contributed by atoms with Gasteiger partial charge in [0.25, 0.3) is 0 Å². The summed E-state index contributed by atoms with van der Waals surface area (Å²) < 4.78 is 5.14. The van der Waals surface area contributed by atoms with Gasteiger partial charge in [-0.3, -0.25) is 0 Å². The molecule has 1 aliphatic rings. The molecule has 2 N–H and O–H groups in total. The molecule has 0 saturated heterocycles. The first kappa shape index (κ1) is 11.3. The normalized spacial score (nSPS) is 26.6. The fourth-order valence-corrected chi connectivity index (χ4v) is 1.45. The third-order valence-corrected chi connectivity index (χ3v) is 2.27. The number of amides is 1. The van der Waals surface area contributed by atoms with Gasteiger partial charge in [-0.2, -0.15) is 0 Å². The van der Waals surface area contributed by atoms with Gasteiger partial charge in [0.05, 0.1) is 0 Å². The van der Waals surface area contributed by atoms with Gasteiger partial charge in [-0.1, -0.05) is 0 Å². The van der Waals surface area contributed by atoms with Gasteiger partial charge in [-0.15, -0.1) is 0 Å². The summed E-state index contributed by atoms with van der Waals surface area (Å²) in [6.45, 7) is 5.59. The Morgan fingerprint density at radius 3 is 2.29 bits per heavy atom. The monoisotopic (exact) mass is 200 g/mol. The van der Waals surface area contributed by atoms with Gasteiger partial charge in [0.15, 0.2) is 0 Å². The van der Waals surface area contributed by atoms with E-state index < -0.39 is 5.60 Å². The highest BCUT2D eigenvalue weighted by Crippen LogP contribution is 2.19. The minimum atomic E-state index is -0.407. The van der Waals surface area contributed by atoms with Crippen molar-refractivity contribution in [3.63, 3.8) is 0 Å². The molecule has 0 bridgehead atoms. The Kier molecular flexibility index (Phi) is 3.37. The largest absolute Gasteiger partial charge is 0.444 e. The lowest BCUT2D eigenvalue weighted by atomic mass is 9.87. The van der Waals surface area contributed by atoms with E-state index >= 15 is 0 Å². The van der Waals surface area contributed by atoms with Crippen molar-refractivity contribution in [3.05, 3.63) is 0 Å². The number of nitrogens with one attached hydrogen (secondary N) is 2. The molecule has 0 unspecified atom stereocenters. The molecular weight excluding hydrogens is 180 g/mol. The van der Waals surface area contributed by atoms with E-state index in [2.05, 4.69) is 10.6 Å². The van der Waals surface area contributed by atoms with Crippen molar-refractivity contribution < 1.29 is 9.53 Å². The summed E-state index contributed by atoms with van der Waals surface area (Å²) in [6.07, 6.45) is 1.68. The van der Waals surface area contributed by atoms with Gasteiger partial charge in [-0.25, -0.2) is 4.79 Å². The average molecular weight is 200 g/mol. The molecule has 0 heterocycles. The summed E-state index contributed by atoms with van der Waals surface area (Å²) in [5.74, 6) is 0. The molecule has 14 heavy (non-hydrogen) atoms. The van der Waals surface area contributed by atoms with Crippen molar-refractivity contribution >= 4 is 6.09 Å². The van der Waals surface area contributed by atoms with Crippen LogP contribution in [0.3, 0.4) is 0 Å². The number of hydrogen-bond donors (Lipinski definition) is 2. The van der Waals surface area contributed by atoms with Gasteiger partial charge >= 0.3 is 6.09 Å². The van der Waals surface area contributed by atoms with Crippen molar-refractivity contribution in [2.24, 2.45) is 0 Å². The predicted octanol–water partition coefficient (Wildman–Crippen LogP) is 1.26. The maximum absolute atomic E-state index is 11.3. The Hall–Kier alpha value is -0.770. The Labute approximate surface area is 85.4 Å². The summed E-state index contributed by atoms with van der Waals surface area (Å²) in [7, 11) is 1.94. The van der Waals surface area contributed by atoms with Crippen molar-refractivity contribution in [3.8, 4) is 0 Å². The van der Waals surface area contributed by atoms with Crippen LogP contribution < -0.4 is 10.6 Å². The molecule has 0 aromatic rings. The van der Waals surface area contributed by atoms with Crippen molar-refractivity contribution in [1.82, 2.24) is 10.6 Å². The standard InChI is InChI=1S/C10H20N2O2/c1-10(2,3)14-9(13)12-8-5-7(6-8)11-4/h7-8,11H,5-6H2,1-4H3,(H,12,13)/t7-,8+. The van der Waals surface area contributed by atoms with Gasteiger partial charge in [0, 0.05) is 12.1 Å². The molecule has 4 heteroatoms. The van der Waals surface area contributed by atoms with Gasteiger partial charge in [0.1, 0.15) is 5.60 Å². The highest BCUT2D eigenvalue weighted by atomic mass is 16.6. The smallest absolute Gasteiger partial charge is 0.407 e. The number of rotatable bonds is 2. The van der Waals surface area contributed by atoms with Crippen LogP contribution in [0, 0.1) is 0 Å². The van der Waals surface area contributed by atoms with Crippen LogP contribution in [-0.2, 0) is 4.74 Å². The van der Waals surface area contributed by atoms with Crippen LogP contribution in [-0.4, -0.2) is 30.8 Å². The van der Waals surface area contributed by atoms with Crippen LogP contribution in [0.2, 0.25) is 0 Å². The molecule has 0 spiro atoms. The van der Waals surface area contributed by atoms with E-state index in [1.165, 1.54) is 0 Å². The second-order valence-electron chi connectivity index (χ2n) is 4.80. The summed E-state index contributed by atoms with van der Waals surface area (Å²) in [4.78, 5) is 11.3. The first-order valence-electron chi connectivity index (χ1n) is 5.07. The molecule has 0 aliphatic heterocycles. The van der Waals surface area contributed by atoms with E-state index in [0.29, 0.717) is 6.04 Å². The molecule has 82 valence electrons. The van der Waals surface area contributed by atoms with Crippen LogP contribution in [0.15, 0.2) is 0 Å². The average Bonchev–Trinajstić information content (AvgIpc) is 1.91. The molecule has 1 fully saturated rings. The summed E-state index contributed by atoms with van der Waals surface area (Å²) in [5.41, 5.74) is -0.407. The first-order valence-corrected chi connectivity index (χ1v) is 5.07.